The Hall–Kier alpha value is -0.810. The van der Waals surface area contributed by atoms with E-state index in [0.29, 0.717) is 26.1 Å². The molecule has 19 heavy (non-hydrogen) atoms. The van der Waals surface area contributed by atoms with E-state index in [1.54, 1.807) is 0 Å². The van der Waals surface area contributed by atoms with Crippen LogP contribution in [0.3, 0.4) is 0 Å². The van der Waals surface area contributed by atoms with E-state index >= 15 is 0 Å². The summed E-state index contributed by atoms with van der Waals surface area (Å²) in [5, 5.41) is 14.2. The predicted molar refractivity (Wildman–Crippen MR) is 76.3 cm³/mol. The Morgan fingerprint density at radius 3 is 2.74 bits per heavy atom. The van der Waals surface area contributed by atoms with Crippen LogP contribution in [0.25, 0.3) is 0 Å². The number of hydrogen-bond acceptors (Lipinski definition) is 5. The summed E-state index contributed by atoms with van der Waals surface area (Å²) in [6.07, 6.45) is 2.54. The molecule has 2 N–H and O–H groups in total. The third-order valence-electron chi connectivity index (χ3n) is 4.54. The van der Waals surface area contributed by atoms with Crippen molar-refractivity contribution < 1.29 is 9.84 Å². The molecule has 2 aliphatic heterocycles. The lowest BCUT2D eigenvalue weighted by Gasteiger charge is -2.45. The molecule has 0 aromatic carbocycles. The van der Waals surface area contributed by atoms with E-state index in [9.17, 15) is 5.11 Å². The summed E-state index contributed by atoms with van der Waals surface area (Å²) in [6, 6.07) is 0. The van der Waals surface area contributed by atoms with Gasteiger partial charge in [0.25, 0.3) is 0 Å². The van der Waals surface area contributed by atoms with Gasteiger partial charge in [-0.15, -0.1) is 0 Å². The molecule has 0 saturated carbocycles. The van der Waals surface area contributed by atoms with Crippen LogP contribution in [0.1, 0.15) is 33.1 Å². The molecule has 0 bridgehead atoms. The Labute approximate surface area is 116 Å². The van der Waals surface area contributed by atoms with Gasteiger partial charge in [0.15, 0.2) is 5.96 Å². The summed E-state index contributed by atoms with van der Waals surface area (Å²) < 4.78 is 5.36. The van der Waals surface area contributed by atoms with Crippen LogP contribution in [0.5, 0.6) is 0 Å². The van der Waals surface area contributed by atoms with Crippen LogP contribution in [0.4, 0.5) is 0 Å². The Morgan fingerprint density at radius 2 is 2.11 bits per heavy atom. The van der Waals surface area contributed by atoms with Gasteiger partial charge in [-0.25, -0.2) is 0 Å². The van der Waals surface area contributed by atoms with E-state index in [1.165, 1.54) is 0 Å². The number of hydrogen-bond donors (Lipinski definition) is 2. The van der Waals surface area contributed by atoms with Gasteiger partial charge in [0.1, 0.15) is 0 Å². The number of ether oxygens (including phenoxy) is 1. The Balaban J connectivity index is 1.94. The molecule has 2 rings (SSSR count). The maximum Gasteiger partial charge on any atom is 0.193 e. The first-order valence-corrected chi connectivity index (χ1v) is 7.24. The van der Waals surface area contributed by atoms with Gasteiger partial charge in [-0.2, -0.15) is 0 Å². The number of rotatable bonds is 3. The zero-order chi connectivity index (χ0) is 13.9. The fourth-order valence-corrected chi connectivity index (χ4v) is 2.76. The normalized spacial score (nSPS) is 24.0. The third-order valence-corrected chi connectivity index (χ3v) is 4.54. The van der Waals surface area contributed by atoms with Crippen molar-refractivity contribution in [2.75, 3.05) is 39.9 Å². The lowest BCUT2D eigenvalue weighted by atomic mass is 9.70. The standard InChI is InChI=1S/C14H27N3O2/c1-13(2,14(18)5-9-19-10-6-14)11-16-12-15-7-4-8-17(12)3/h18H,4-11H2,1-3H3,(H,15,16). The van der Waals surface area contributed by atoms with Crippen molar-refractivity contribution in [3.05, 3.63) is 0 Å². The van der Waals surface area contributed by atoms with E-state index in [1.807, 2.05) is 0 Å². The molecule has 5 heteroatoms. The quantitative estimate of drug-likeness (QED) is 0.797. The molecule has 110 valence electrons. The molecule has 0 aromatic rings. The van der Waals surface area contributed by atoms with Crippen molar-refractivity contribution in [1.29, 1.82) is 0 Å². The van der Waals surface area contributed by atoms with Crippen LogP contribution in [0, 0.1) is 5.41 Å². The first-order chi connectivity index (χ1) is 8.95. The summed E-state index contributed by atoms with van der Waals surface area (Å²) >= 11 is 0. The van der Waals surface area contributed by atoms with Crippen molar-refractivity contribution in [3.63, 3.8) is 0 Å². The van der Waals surface area contributed by atoms with Gasteiger partial charge in [-0.05, 0) is 6.42 Å². The second-order valence-corrected chi connectivity index (χ2v) is 6.36. The lowest BCUT2D eigenvalue weighted by Crippen LogP contribution is -2.55. The highest BCUT2D eigenvalue weighted by molar-refractivity contribution is 5.80. The molecule has 0 aliphatic carbocycles. The van der Waals surface area contributed by atoms with Gasteiger partial charge in [0.2, 0.25) is 0 Å². The minimum absolute atomic E-state index is 0.197. The van der Waals surface area contributed by atoms with E-state index in [2.05, 4.69) is 36.1 Å². The predicted octanol–water partition coefficient (Wildman–Crippen LogP) is 0.835. The molecule has 5 nitrogen and oxygen atoms in total. The fourth-order valence-electron chi connectivity index (χ4n) is 2.76. The topological polar surface area (TPSA) is 57.1 Å². The fraction of sp³-hybridized carbons (Fsp3) is 0.929. The smallest absolute Gasteiger partial charge is 0.193 e. The Kier molecular flexibility index (Phi) is 4.36. The molecule has 0 radical (unpaired) electrons. The number of nitrogens with zero attached hydrogens (tertiary/aromatic N) is 2. The summed E-state index contributed by atoms with van der Waals surface area (Å²) in [5.74, 6) is 0.954. The van der Waals surface area contributed by atoms with Crippen LogP contribution in [-0.2, 0) is 4.74 Å². The molecule has 0 atom stereocenters. The van der Waals surface area contributed by atoms with Crippen LogP contribution in [0.2, 0.25) is 0 Å². The van der Waals surface area contributed by atoms with E-state index in [-0.39, 0.29) is 5.41 Å². The maximum atomic E-state index is 10.8. The summed E-state index contributed by atoms with van der Waals surface area (Å²) in [6.45, 7) is 8.22. The highest BCUT2D eigenvalue weighted by Gasteiger charge is 2.44. The van der Waals surface area contributed by atoms with Crippen LogP contribution in [0.15, 0.2) is 4.99 Å². The summed E-state index contributed by atoms with van der Waals surface area (Å²) in [4.78, 5) is 6.65. The van der Waals surface area contributed by atoms with Crippen molar-refractivity contribution in [2.45, 2.75) is 38.7 Å². The third kappa shape index (κ3) is 3.20. The number of aliphatic hydroxyl groups is 1. The first kappa shape index (κ1) is 14.6. The van der Waals surface area contributed by atoms with Gasteiger partial charge < -0.3 is 20.1 Å². The van der Waals surface area contributed by atoms with Gasteiger partial charge in [0.05, 0.1) is 5.60 Å². The second-order valence-electron chi connectivity index (χ2n) is 6.36. The number of aliphatic imine (C=N–C) groups is 1. The van der Waals surface area contributed by atoms with E-state index in [0.717, 1.165) is 32.0 Å². The molecule has 1 fully saturated rings. The summed E-state index contributed by atoms with van der Waals surface area (Å²) in [5.41, 5.74) is -0.844. The van der Waals surface area contributed by atoms with Crippen molar-refractivity contribution in [3.8, 4) is 0 Å². The van der Waals surface area contributed by atoms with E-state index < -0.39 is 5.60 Å². The maximum absolute atomic E-state index is 10.8. The zero-order valence-electron chi connectivity index (χ0n) is 12.4. The minimum atomic E-state index is -0.647. The molecule has 0 unspecified atom stereocenters. The van der Waals surface area contributed by atoms with Crippen molar-refractivity contribution in [2.24, 2.45) is 10.4 Å². The molecule has 0 spiro atoms. The number of guanidine groups is 1. The molecule has 2 heterocycles. The molecule has 1 saturated heterocycles. The zero-order valence-corrected chi connectivity index (χ0v) is 12.4. The largest absolute Gasteiger partial charge is 0.389 e. The van der Waals surface area contributed by atoms with Crippen LogP contribution in [-0.4, -0.2) is 61.5 Å². The van der Waals surface area contributed by atoms with Gasteiger partial charge >= 0.3 is 0 Å². The average Bonchev–Trinajstić information content (AvgIpc) is 2.38. The molecule has 0 amide bonds. The molecular weight excluding hydrogens is 242 g/mol. The second kappa shape index (κ2) is 5.67. The van der Waals surface area contributed by atoms with Gasteiger partial charge in [-0.1, -0.05) is 13.8 Å². The first-order valence-electron chi connectivity index (χ1n) is 7.24. The minimum Gasteiger partial charge on any atom is -0.389 e. The van der Waals surface area contributed by atoms with Gasteiger partial charge in [0, 0.05) is 58.2 Å². The Bertz CT molecular complexity index is 336. The molecule has 2 aliphatic rings. The highest BCUT2D eigenvalue weighted by atomic mass is 16.5. The average molecular weight is 269 g/mol. The van der Waals surface area contributed by atoms with Crippen molar-refractivity contribution >= 4 is 5.96 Å². The Morgan fingerprint density at radius 1 is 1.42 bits per heavy atom. The summed E-state index contributed by atoms with van der Waals surface area (Å²) in [7, 11) is 2.06. The highest BCUT2D eigenvalue weighted by Crippen LogP contribution is 2.38. The molecule has 0 aromatic heterocycles. The van der Waals surface area contributed by atoms with Gasteiger partial charge in [-0.3, -0.25) is 4.99 Å². The number of nitrogens with one attached hydrogen (secondary N) is 1. The monoisotopic (exact) mass is 269 g/mol. The van der Waals surface area contributed by atoms with Crippen molar-refractivity contribution in [1.82, 2.24) is 10.2 Å². The molecular formula is C14H27N3O2. The van der Waals surface area contributed by atoms with Crippen LogP contribution < -0.4 is 5.32 Å². The van der Waals surface area contributed by atoms with Crippen LogP contribution >= 0.6 is 0 Å². The lowest BCUT2D eigenvalue weighted by molar-refractivity contribution is -0.130. The van der Waals surface area contributed by atoms with E-state index in [4.69, 9.17) is 4.74 Å². The SMILES string of the molecule is CN1CCCN=C1NCC(C)(C)C1(O)CCOCC1.